The number of benzene rings is 1. The number of rotatable bonds is 2. The van der Waals surface area contributed by atoms with Crippen LogP contribution in [-0.2, 0) is 0 Å². The predicted octanol–water partition coefficient (Wildman–Crippen LogP) is 3.00. The Hall–Kier alpha value is -2.09. The van der Waals surface area contributed by atoms with Crippen LogP contribution in [0.2, 0.25) is 0 Å². The first kappa shape index (κ1) is 11.4. The maximum absolute atomic E-state index is 4.39. The number of aliphatic imine (C=N–C) groups is 1. The van der Waals surface area contributed by atoms with Gasteiger partial charge in [0.2, 0.25) is 0 Å². The quantitative estimate of drug-likeness (QED) is 0.428. The fourth-order valence-corrected chi connectivity index (χ4v) is 1.90. The zero-order chi connectivity index (χ0) is 12.1. The molecule has 1 atom stereocenters. The molecule has 1 aliphatic rings. The summed E-state index contributed by atoms with van der Waals surface area (Å²) < 4.78 is 0. The van der Waals surface area contributed by atoms with Crippen LogP contribution in [0.25, 0.3) is 0 Å². The highest BCUT2D eigenvalue weighted by Gasteiger charge is 2.17. The molecule has 0 N–H and O–H groups in total. The van der Waals surface area contributed by atoms with Gasteiger partial charge in [-0.05, 0) is 6.08 Å². The van der Waals surface area contributed by atoms with Gasteiger partial charge in [0.05, 0.1) is 6.04 Å². The first-order valence-corrected chi connectivity index (χ1v) is 5.65. The van der Waals surface area contributed by atoms with Crippen molar-refractivity contribution in [1.29, 1.82) is 0 Å². The third-order valence-electron chi connectivity index (χ3n) is 2.72. The van der Waals surface area contributed by atoms with Crippen LogP contribution in [0, 0.1) is 0 Å². The van der Waals surface area contributed by atoms with E-state index in [4.69, 9.17) is 0 Å². The predicted molar refractivity (Wildman–Crippen MR) is 73.0 cm³/mol. The highest BCUT2D eigenvalue weighted by atomic mass is 15.2. The van der Waals surface area contributed by atoms with E-state index in [-0.39, 0.29) is 6.04 Å². The first-order chi connectivity index (χ1) is 8.36. The first-order valence-electron chi connectivity index (χ1n) is 5.65. The molecule has 17 heavy (non-hydrogen) atoms. The maximum Gasteiger partial charge on any atom is 0.135 e. The van der Waals surface area contributed by atoms with E-state index >= 15 is 0 Å². The van der Waals surface area contributed by atoms with Crippen molar-refractivity contribution in [3.05, 3.63) is 73.0 Å². The Bertz CT molecular complexity index is 469. The second-order valence-corrected chi connectivity index (χ2v) is 3.77. The van der Waals surface area contributed by atoms with Crippen LogP contribution >= 0.6 is 0 Å². The Labute approximate surface area is 102 Å². The monoisotopic (exact) mass is 224 g/mol. The van der Waals surface area contributed by atoms with Gasteiger partial charge in [-0.25, -0.2) is 0 Å². The largest absolute Gasteiger partial charge is 0.322 e. The molecular formula is C15H16N2. The number of allylic oxidation sites excluding steroid dienone is 2. The fraction of sp³-hybridized carbons (Fsp3) is 0.133. The van der Waals surface area contributed by atoms with E-state index in [1.165, 1.54) is 0 Å². The van der Waals surface area contributed by atoms with Gasteiger partial charge in [0.1, 0.15) is 5.84 Å². The third-order valence-corrected chi connectivity index (χ3v) is 2.72. The molecule has 86 valence electrons. The molecule has 1 unspecified atom stereocenters. The minimum Gasteiger partial charge on any atom is -0.322 e. The molecule has 0 aliphatic carbocycles. The Kier molecular flexibility index (Phi) is 3.55. The molecule has 0 fully saturated rings. The molecule has 0 spiro atoms. The van der Waals surface area contributed by atoms with E-state index in [1.54, 1.807) is 0 Å². The van der Waals surface area contributed by atoms with E-state index < -0.39 is 0 Å². The topological polar surface area (TPSA) is 15.6 Å². The fourth-order valence-electron chi connectivity index (χ4n) is 1.90. The van der Waals surface area contributed by atoms with E-state index in [0.29, 0.717) is 0 Å². The average Bonchev–Trinajstić information content (AvgIpc) is 2.41. The number of amidine groups is 1. The zero-order valence-electron chi connectivity index (χ0n) is 9.95. The summed E-state index contributed by atoms with van der Waals surface area (Å²) in [5.41, 5.74) is 1.11. The molecule has 2 rings (SSSR count). The molecule has 0 bridgehead atoms. The van der Waals surface area contributed by atoms with Crippen LogP contribution in [0.4, 0.5) is 0 Å². The summed E-state index contributed by atoms with van der Waals surface area (Å²) in [6.45, 7) is 3.86. The van der Waals surface area contributed by atoms with Crippen LogP contribution < -0.4 is 0 Å². The SMILES string of the molecule is C=CC1C=CC=CN1C(=NC)c1ccccc1. The highest BCUT2D eigenvalue weighted by molar-refractivity contribution is 5.99. The van der Waals surface area contributed by atoms with Gasteiger partial charge in [0.25, 0.3) is 0 Å². The van der Waals surface area contributed by atoms with Crippen molar-refractivity contribution in [2.24, 2.45) is 4.99 Å². The summed E-state index contributed by atoms with van der Waals surface area (Å²) in [5, 5.41) is 0. The molecule has 1 aromatic carbocycles. The summed E-state index contributed by atoms with van der Waals surface area (Å²) in [6, 6.07) is 10.3. The van der Waals surface area contributed by atoms with Gasteiger partial charge in [-0.1, -0.05) is 48.6 Å². The van der Waals surface area contributed by atoms with E-state index in [1.807, 2.05) is 49.7 Å². The molecule has 0 amide bonds. The number of hydrogen-bond acceptors (Lipinski definition) is 1. The normalized spacial score (nSPS) is 19.5. The molecule has 0 saturated carbocycles. The molecule has 1 aromatic rings. The second-order valence-electron chi connectivity index (χ2n) is 3.77. The average molecular weight is 224 g/mol. The third kappa shape index (κ3) is 2.36. The molecule has 2 heteroatoms. The molecular weight excluding hydrogens is 208 g/mol. The van der Waals surface area contributed by atoms with Crippen molar-refractivity contribution in [3.8, 4) is 0 Å². The standard InChI is InChI=1S/C15H16N2/c1-3-14-11-7-8-12-17(14)15(16-2)13-9-5-4-6-10-13/h3-12,14H,1H2,2H3. The van der Waals surface area contributed by atoms with Gasteiger partial charge >= 0.3 is 0 Å². The summed E-state index contributed by atoms with van der Waals surface area (Å²) in [7, 11) is 1.81. The number of hydrogen-bond donors (Lipinski definition) is 0. The minimum atomic E-state index is 0.166. The van der Waals surface area contributed by atoms with Gasteiger partial charge in [-0.3, -0.25) is 4.99 Å². The molecule has 2 nitrogen and oxygen atoms in total. The van der Waals surface area contributed by atoms with Crippen molar-refractivity contribution in [2.45, 2.75) is 6.04 Å². The maximum atomic E-state index is 4.39. The van der Waals surface area contributed by atoms with E-state index in [0.717, 1.165) is 11.4 Å². The number of nitrogens with zero attached hydrogens (tertiary/aromatic N) is 2. The molecule has 0 saturated heterocycles. The lowest BCUT2D eigenvalue weighted by Gasteiger charge is -2.29. The van der Waals surface area contributed by atoms with Gasteiger partial charge in [-0.2, -0.15) is 0 Å². The lowest BCUT2D eigenvalue weighted by Crippen LogP contribution is -2.35. The van der Waals surface area contributed by atoms with Crippen LogP contribution in [0.1, 0.15) is 5.56 Å². The lowest BCUT2D eigenvalue weighted by atomic mass is 10.1. The second kappa shape index (κ2) is 5.30. The van der Waals surface area contributed by atoms with Crippen molar-refractivity contribution < 1.29 is 0 Å². The molecule has 0 aromatic heterocycles. The Morgan fingerprint density at radius 3 is 2.71 bits per heavy atom. The molecule has 0 radical (unpaired) electrons. The Morgan fingerprint density at radius 1 is 1.29 bits per heavy atom. The minimum absolute atomic E-state index is 0.166. The van der Waals surface area contributed by atoms with Crippen molar-refractivity contribution in [3.63, 3.8) is 0 Å². The summed E-state index contributed by atoms with van der Waals surface area (Å²) in [5.74, 6) is 0.955. The molecule has 1 aliphatic heterocycles. The summed E-state index contributed by atoms with van der Waals surface area (Å²) in [4.78, 5) is 6.50. The van der Waals surface area contributed by atoms with E-state index in [2.05, 4.69) is 34.7 Å². The molecule has 1 heterocycles. The zero-order valence-corrected chi connectivity index (χ0v) is 9.95. The Morgan fingerprint density at radius 2 is 2.06 bits per heavy atom. The van der Waals surface area contributed by atoms with E-state index in [9.17, 15) is 0 Å². The van der Waals surface area contributed by atoms with Gasteiger partial charge in [-0.15, -0.1) is 6.58 Å². The van der Waals surface area contributed by atoms with Gasteiger partial charge in [0.15, 0.2) is 0 Å². The highest BCUT2D eigenvalue weighted by Crippen LogP contribution is 2.15. The lowest BCUT2D eigenvalue weighted by molar-refractivity contribution is 0.531. The van der Waals surface area contributed by atoms with Crippen LogP contribution in [0.15, 0.2) is 72.4 Å². The van der Waals surface area contributed by atoms with Crippen molar-refractivity contribution >= 4 is 5.84 Å². The smallest absolute Gasteiger partial charge is 0.135 e. The van der Waals surface area contributed by atoms with Crippen molar-refractivity contribution in [2.75, 3.05) is 7.05 Å². The summed E-state index contributed by atoms with van der Waals surface area (Å²) >= 11 is 0. The van der Waals surface area contributed by atoms with Crippen LogP contribution in [0.5, 0.6) is 0 Å². The summed E-state index contributed by atoms with van der Waals surface area (Å²) in [6.07, 6.45) is 10.1. The van der Waals surface area contributed by atoms with Gasteiger partial charge in [0, 0.05) is 18.8 Å². The van der Waals surface area contributed by atoms with Gasteiger partial charge < -0.3 is 4.90 Å². The van der Waals surface area contributed by atoms with Crippen LogP contribution in [0.3, 0.4) is 0 Å². The van der Waals surface area contributed by atoms with Crippen LogP contribution in [-0.4, -0.2) is 23.8 Å². The van der Waals surface area contributed by atoms with Crippen molar-refractivity contribution in [1.82, 2.24) is 4.90 Å². The Balaban J connectivity index is 2.34.